The molecule has 0 saturated heterocycles. The van der Waals surface area contributed by atoms with E-state index in [-0.39, 0.29) is 5.91 Å². The lowest BCUT2D eigenvalue weighted by atomic mass is 10.1. The Morgan fingerprint density at radius 3 is 3.23 bits per heavy atom. The quantitative estimate of drug-likeness (QED) is 0.925. The number of carbonyl (C=O) groups is 1. The molecule has 1 amide bonds. The molecule has 6 nitrogen and oxygen atoms in total. The topological polar surface area (TPSA) is 79.9 Å². The largest absolute Gasteiger partial charge is 0.376 e. The van der Waals surface area contributed by atoms with E-state index < -0.39 is 0 Å². The number of amides is 1. The number of nitriles is 1. The summed E-state index contributed by atoms with van der Waals surface area (Å²) in [7, 11) is 1.91. The number of hydrogen-bond acceptors (Lipinski definition) is 4. The van der Waals surface area contributed by atoms with Crippen molar-refractivity contribution in [2.75, 3.05) is 6.61 Å². The lowest BCUT2D eigenvalue weighted by Gasteiger charge is -2.13. The number of hydrogen-bond donors (Lipinski definition) is 1. The minimum absolute atomic E-state index is 0.215. The van der Waals surface area contributed by atoms with Crippen molar-refractivity contribution in [2.24, 2.45) is 7.05 Å². The van der Waals surface area contributed by atoms with Crippen LogP contribution < -0.4 is 5.32 Å². The maximum atomic E-state index is 12.2. The Hall–Kier alpha value is -2.65. The number of carbonyl (C=O) groups excluding carboxylic acids is 1. The predicted octanol–water partition coefficient (Wildman–Crippen LogP) is 1.29. The molecule has 2 aromatic rings. The second kappa shape index (κ2) is 6.00. The van der Waals surface area contributed by atoms with Crippen LogP contribution in [0, 0.1) is 11.3 Å². The Balaban J connectivity index is 1.72. The fraction of sp³-hybridized carbons (Fsp3) is 0.312. The maximum Gasteiger partial charge on any atom is 0.251 e. The normalized spacial score (nSPS) is 13.3. The van der Waals surface area contributed by atoms with E-state index in [1.807, 2.05) is 17.8 Å². The molecule has 0 saturated carbocycles. The lowest BCUT2D eigenvalue weighted by molar-refractivity contribution is 0.0947. The number of fused-ring (bicyclic) bond motifs is 1. The van der Waals surface area contributed by atoms with E-state index in [9.17, 15) is 4.79 Å². The van der Waals surface area contributed by atoms with Crippen LogP contribution in [0.1, 0.15) is 32.9 Å². The molecule has 0 spiro atoms. The van der Waals surface area contributed by atoms with Crippen molar-refractivity contribution in [1.82, 2.24) is 15.1 Å². The molecule has 0 bridgehead atoms. The Kier molecular flexibility index (Phi) is 3.90. The number of aromatic nitrogens is 2. The van der Waals surface area contributed by atoms with Gasteiger partial charge in [0.05, 0.1) is 37.1 Å². The molecule has 0 fully saturated rings. The average molecular weight is 296 g/mol. The molecule has 6 heteroatoms. The SMILES string of the molecule is Cn1nc(CNC(=O)c2cccc(C#N)c2)c2c1CCOC2. The van der Waals surface area contributed by atoms with Crippen LogP contribution in [-0.4, -0.2) is 22.3 Å². The zero-order valence-corrected chi connectivity index (χ0v) is 12.3. The second-order valence-corrected chi connectivity index (χ2v) is 5.17. The Labute approximate surface area is 128 Å². The van der Waals surface area contributed by atoms with Gasteiger partial charge >= 0.3 is 0 Å². The fourth-order valence-corrected chi connectivity index (χ4v) is 2.62. The standard InChI is InChI=1S/C16H16N4O2/c1-20-15-5-6-22-10-13(15)14(19-20)9-18-16(21)12-4-2-3-11(7-12)8-17/h2-4,7H,5-6,9-10H2,1H3,(H,18,21). The van der Waals surface area contributed by atoms with Crippen LogP contribution in [0.5, 0.6) is 0 Å². The van der Waals surface area contributed by atoms with Gasteiger partial charge in [-0.15, -0.1) is 0 Å². The van der Waals surface area contributed by atoms with Gasteiger partial charge in [-0.3, -0.25) is 9.48 Å². The van der Waals surface area contributed by atoms with E-state index >= 15 is 0 Å². The van der Waals surface area contributed by atoms with Gasteiger partial charge in [0, 0.05) is 30.3 Å². The maximum absolute atomic E-state index is 12.2. The summed E-state index contributed by atoms with van der Waals surface area (Å²) in [5, 5.41) is 16.2. The number of nitrogens with zero attached hydrogens (tertiary/aromatic N) is 3. The van der Waals surface area contributed by atoms with Crippen LogP contribution in [0.25, 0.3) is 0 Å². The third kappa shape index (κ3) is 2.71. The Morgan fingerprint density at radius 1 is 1.55 bits per heavy atom. The summed E-state index contributed by atoms with van der Waals surface area (Å²) < 4.78 is 7.33. The van der Waals surface area contributed by atoms with Crippen molar-refractivity contribution in [3.8, 4) is 6.07 Å². The van der Waals surface area contributed by atoms with Gasteiger partial charge in [0.25, 0.3) is 5.91 Å². The predicted molar refractivity (Wildman–Crippen MR) is 78.9 cm³/mol. The molecule has 2 heterocycles. The number of ether oxygens (including phenoxy) is 1. The fourth-order valence-electron chi connectivity index (χ4n) is 2.62. The number of nitrogens with one attached hydrogen (secondary N) is 1. The number of rotatable bonds is 3. The van der Waals surface area contributed by atoms with Gasteiger partial charge in [-0.25, -0.2) is 0 Å². The first-order valence-electron chi connectivity index (χ1n) is 7.09. The highest BCUT2D eigenvalue weighted by atomic mass is 16.5. The van der Waals surface area contributed by atoms with E-state index in [1.54, 1.807) is 24.3 Å². The highest BCUT2D eigenvalue weighted by Gasteiger charge is 2.20. The molecule has 0 aliphatic carbocycles. The third-order valence-electron chi connectivity index (χ3n) is 3.76. The minimum Gasteiger partial charge on any atom is -0.376 e. The summed E-state index contributed by atoms with van der Waals surface area (Å²) in [6, 6.07) is 8.66. The van der Waals surface area contributed by atoms with Crippen molar-refractivity contribution in [2.45, 2.75) is 19.6 Å². The van der Waals surface area contributed by atoms with Gasteiger partial charge in [0.15, 0.2) is 0 Å². The smallest absolute Gasteiger partial charge is 0.251 e. The molecule has 1 aromatic carbocycles. The van der Waals surface area contributed by atoms with Crippen LogP contribution in [0.4, 0.5) is 0 Å². The molecule has 1 aliphatic rings. The van der Waals surface area contributed by atoms with E-state index in [0.717, 1.165) is 17.7 Å². The third-order valence-corrected chi connectivity index (χ3v) is 3.76. The van der Waals surface area contributed by atoms with Crippen molar-refractivity contribution in [1.29, 1.82) is 5.26 Å². The molecule has 0 atom stereocenters. The Morgan fingerprint density at radius 2 is 2.41 bits per heavy atom. The highest BCUT2D eigenvalue weighted by molar-refractivity contribution is 5.94. The summed E-state index contributed by atoms with van der Waals surface area (Å²) in [6.07, 6.45) is 0.844. The van der Waals surface area contributed by atoms with Crippen LogP contribution in [0.15, 0.2) is 24.3 Å². The van der Waals surface area contributed by atoms with Gasteiger partial charge in [0.1, 0.15) is 0 Å². The molecule has 1 aliphatic heterocycles. The highest BCUT2D eigenvalue weighted by Crippen LogP contribution is 2.20. The van der Waals surface area contributed by atoms with E-state index in [1.165, 1.54) is 5.69 Å². The number of benzene rings is 1. The van der Waals surface area contributed by atoms with Gasteiger partial charge in [0.2, 0.25) is 0 Å². The second-order valence-electron chi connectivity index (χ2n) is 5.17. The van der Waals surface area contributed by atoms with E-state index in [4.69, 9.17) is 10.00 Å². The molecule has 1 aromatic heterocycles. The van der Waals surface area contributed by atoms with Crippen molar-refractivity contribution < 1.29 is 9.53 Å². The van der Waals surface area contributed by atoms with Crippen LogP contribution in [0.3, 0.4) is 0 Å². The first kappa shape index (κ1) is 14.3. The van der Waals surface area contributed by atoms with Crippen molar-refractivity contribution in [3.63, 3.8) is 0 Å². The summed E-state index contributed by atoms with van der Waals surface area (Å²) in [4.78, 5) is 12.2. The molecule has 112 valence electrons. The van der Waals surface area contributed by atoms with Gasteiger partial charge in [-0.2, -0.15) is 10.4 Å². The first-order valence-corrected chi connectivity index (χ1v) is 7.09. The van der Waals surface area contributed by atoms with E-state index in [0.29, 0.717) is 30.9 Å². The average Bonchev–Trinajstić information content (AvgIpc) is 2.89. The zero-order valence-electron chi connectivity index (χ0n) is 12.3. The lowest BCUT2D eigenvalue weighted by Crippen LogP contribution is -2.24. The summed E-state index contributed by atoms with van der Waals surface area (Å²) in [6.45, 7) is 1.60. The zero-order chi connectivity index (χ0) is 15.5. The number of aryl methyl sites for hydroxylation is 1. The summed E-state index contributed by atoms with van der Waals surface area (Å²) in [5.41, 5.74) is 4.01. The summed E-state index contributed by atoms with van der Waals surface area (Å²) in [5.74, 6) is -0.215. The van der Waals surface area contributed by atoms with Crippen LogP contribution in [0.2, 0.25) is 0 Å². The van der Waals surface area contributed by atoms with Gasteiger partial charge < -0.3 is 10.1 Å². The molecule has 0 unspecified atom stereocenters. The monoisotopic (exact) mass is 296 g/mol. The Bertz CT molecular complexity index is 758. The van der Waals surface area contributed by atoms with Gasteiger partial charge in [-0.1, -0.05) is 6.07 Å². The first-order chi connectivity index (χ1) is 10.7. The van der Waals surface area contributed by atoms with Crippen LogP contribution >= 0.6 is 0 Å². The van der Waals surface area contributed by atoms with Crippen molar-refractivity contribution >= 4 is 5.91 Å². The molecule has 22 heavy (non-hydrogen) atoms. The van der Waals surface area contributed by atoms with E-state index in [2.05, 4.69) is 10.4 Å². The molecule has 0 radical (unpaired) electrons. The molecular weight excluding hydrogens is 280 g/mol. The molecular formula is C16H16N4O2. The molecule has 1 N–H and O–H groups in total. The minimum atomic E-state index is -0.215. The molecule has 3 rings (SSSR count). The summed E-state index contributed by atoms with van der Waals surface area (Å²) >= 11 is 0. The van der Waals surface area contributed by atoms with Gasteiger partial charge in [-0.05, 0) is 18.2 Å². The van der Waals surface area contributed by atoms with Crippen LogP contribution in [-0.2, 0) is 31.4 Å². The van der Waals surface area contributed by atoms with Crippen molar-refractivity contribution in [3.05, 3.63) is 52.3 Å².